The van der Waals surface area contributed by atoms with E-state index in [9.17, 15) is 36.0 Å². The van der Waals surface area contributed by atoms with Gasteiger partial charge in [-0.2, -0.15) is 5.10 Å². The van der Waals surface area contributed by atoms with Gasteiger partial charge in [-0.25, -0.2) is 5.43 Å². The van der Waals surface area contributed by atoms with Gasteiger partial charge in [0, 0.05) is 50.6 Å². The predicted molar refractivity (Wildman–Crippen MR) is 144 cm³/mol. The quantitative estimate of drug-likeness (QED) is 0.237. The Kier molecular flexibility index (Phi) is 8.69. The van der Waals surface area contributed by atoms with Crippen molar-refractivity contribution in [3.63, 3.8) is 0 Å². The molecule has 0 aliphatic carbocycles. The second kappa shape index (κ2) is 11.7. The highest BCUT2D eigenvalue weighted by atomic mass is 16.8. The number of nitrogens with zero attached hydrogens (tertiary/aromatic N) is 6. The molecule has 0 aliphatic heterocycles. The minimum Gasteiger partial charge on any atom is -0.769 e. The molecule has 0 saturated heterocycles. The molecular formula is C24H26N7O7-3. The number of carbonyl (C=O) groups is 1. The monoisotopic (exact) mass is 524 g/mol. The van der Waals surface area contributed by atoms with Crippen molar-refractivity contribution in [2.45, 2.75) is 0 Å². The third-order valence-corrected chi connectivity index (χ3v) is 5.49. The molecule has 0 aromatic heterocycles. The molecule has 0 bridgehead atoms. The Balaban J connectivity index is 2.12. The summed E-state index contributed by atoms with van der Waals surface area (Å²) >= 11 is 0. The first-order valence-corrected chi connectivity index (χ1v) is 11.0. The Morgan fingerprint density at radius 2 is 1.18 bits per heavy atom. The number of amides is 1. The average molecular weight is 525 g/mol. The summed E-state index contributed by atoms with van der Waals surface area (Å²) in [7, 11) is 6.78. The van der Waals surface area contributed by atoms with Crippen LogP contribution in [0.4, 0.5) is 28.4 Å². The maximum absolute atomic E-state index is 12.7. The summed E-state index contributed by atoms with van der Waals surface area (Å²) in [6.45, 7) is 0. The fourth-order valence-electron chi connectivity index (χ4n) is 3.61. The molecule has 0 fully saturated rings. The Morgan fingerprint density at radius 1 is 0.711 bits per heavy atom. The van der Waals surface area contributed by atoms with Gasteiger partial charge in [-0.1, -0.05) is 12.1 Å². The molecule has 14 nitrogen and oxygen atoms in total. The normalized spacial score (nSPS) is 11.2. The van der Waals surface area contributed by atoms with Gasteiger partial charge in [-0.05, 0) is 48.5 Å². The minimum atomic E-state index is -0.675. The lowest BCUT2D eigenvalue weighted by atomic mass is 10.00. The van der Waals surface area contributed by atoms with E-state index in [0.29, 0.717) is 22.5 Å². The number of carbonyl (C=O) groups excluding carboxylic acids is 1. The minimum absolute atomic E-state index is 0.000333. The fourth-order valence-corrected chi connectivity index (χ4v) is 3.61. The first-order valence-electron chi connectivity index (χ1n) is 11.0. The van der Waals surface area contributed by atoms with Crippen LogP contribution in [0.3, 0.4) is 0 Å². The molecule has 0 unspecified atom stereocenters. The van der Waals surface area contributed by atoms with E-state index in [1.54, 1.807) is 62.3 Å². The SMILES string of the molecule is CN(C)c1ccc(C(=NNC(=O)c2ccc(N([O-])[O-])cc2)c2ccc(N(C)C)c(N(O)O)c2)cc1N([O-])O. The van der Waals surface area contributed by atoms with E-state index in [-0.39, 0.29) is 38.8 Å². The Hall–Kier alpha value is -4.44. The van der Waals surface area contributed by atoms with Crippen molar-refractivity contribution < 1.29 is 20.4 Å². The molecule has 0 spiro atoms. The number of nitrogens with one attached hydrogen (secondary N) is 1. The zero-order valence-electron chi connectivity index (χ0n) is 20.9. The number of hydrogen-bond donors (Lipinski definition) is 4. The van der Waals surface area contributed by atoms with Crippen molar-refractivity contribution in [2.75, 3.05) is 53.7 Å². The van der Waals surface area contributed by atoms with E-state index in [0.717, 1.165) is 0 Å². The first kappa shape index (κ1) is 28.1. The van der Waals surface area contributed by atoms with Crippen molar-refractivity contribution >= 4 is 40.1 Å². The van der Waals surface area contributed by atoms with Crippen molar-refractivity contribution in [1.29, 1.82) is 0 Å². The number of anilines is 5. The zero-order valence-corrected chi connectivity index (χ0v) is 20.9. The van der Waals surface area contributed by atoms with Gasteiger partial charge in [0.25, 0.3) is 5.91 Å². The fraction of sp³-hybridized carbons (Fsp3) is 0.167. The second-order valence-corrected chi connectivity index (χ2v) is 8.46. The van der Waals surface area contributed by atoms with E-state index in [2.05, 4.69) is 10.5 Å². The average Bonchev–Trinajstić information content (AvgIpc) is 2.88. The van der Waals surface area contributed by atoms with Crippen LogP contribution in [0.1, 0.15) is 21.5 Å². The second-order valence-electron chi connectivity index (χ2n) is 8.46. The number of hydrazone groups is 1. The molecule has 14 heteroatoms. The molecule has 3 rings (SSSR count). The van der Waals surface area contributed by atoms with Gasteiger partial charge in [0.1, 0.15) is 5.69 Å². The van der Waals surface area contributed by atoms with Gasteiger partial charge in [0.15, 0.2) is 0 Å². The maximum atomic E-state index is 12.7. The van der Waals surface area contributed by atoms with Crippen LogP contribution in [-0.2, 0) is 0 Å². The van der Waals surface area contributed by atoms with Crippen molar-refractivity contribution in [2.24, 2.45) is 5.10 Å². The van der Waals surface area contributed by atoms with Crippen LogP contribution in [-0.4, -0.2) is 55.4 Å². The van der Waals surface area contributed by atoms with E-state index in [1.807, 2.05) is 0 Å². The van der Waals surface area contributed by atoms with Gasteiger partial charge in [-0.15, -0.1) is 5.23 Å². The zero-order chi connectivity index (χ0) is 28.1. The van der Waals surface area contributed by atoms with E-state index >= 15 is 0 Å². The molecule has 0 heterocycles. The molecule has 38 heavy (non-hydrogen) atoms. The lowest BCUT2D eigenvalue weighted by Crippen LogP contribution is -2.22. The smallest absolute Gasteiger partial charge is 0.271 e. The third kappa shape index (κ3) is 6.27. The van der Waals surface area contributed by atoms with Gasteiger partial charge in [0.05, 0.1) is 22.8 Å². The van der Waals surface area contributed by atoms with Gasteiger partial charge in [-0.3, -0.25) is 20.4 Å². The van der Waals surface area contributed by atoms with Crippen LogP contribution in [0.5, 0.6) is 0 Å². The van der Waals surface area contributed by atoms with E-state index in [4.69, 9.17) is 0 Å². The maximum Gasteiger partial charge on any atom is 0.271 e. The largest absolute Gasteiger partial charge is 0.769 e. The molecule has 0 atom stereocenters. The Labute approximate surface area is 218 Å². The number of hydrogen-bond acceptors (Lipinski definition) is 13. The third-order valence-electron chi connectivity index (χ3n) is 5.49. The molecule has 0 saturated carbocycles. The van der Waals surface area contributed by atoms with Crippen LogP contribution in [0.15, 0.2) is 65.8 Å². The standard InChI is InChI=1S/C24H26N7O7/c1-27(2)19-11-7-16(13-21(19)30(35)36)23(17-8-12-20(28(3)4)22(14-17)31(37)38)25-26-24(32)15-5-9-18(10-6-15)29(33)34/h5-14,35-37H,1-4H3,(H,26,32)/q-3. The molecule has 1 amide bonds. The van der Waals surface area contributed by atoms with Gasteiger partial charge < -0.3 is 35.9 Å². The highest BCUT2D eigenvalue weighted by Gasteiger charge is 2.18. The van der Waals surface area contributed by atoms with E-state index in [1.165, 1.54) is 36.4 Å². The predicted octanol–water partition coefficient (Wildman–Crippen LogP) is 3.08. The van der Waals surface area contributed by atoms with Gasteiger partial charge >= 0.3 is 0 Å². The summed E-state index contributed by atoms with van der Waals surface area (Å²) in [6.07, 6.45) is 0. The molecule has 3 aromatic carbocycles. The highest BCUT2D eigenvalue weighted by molar-refractivity contribution is 6.15. The summed E-state index contributed by atoms with van der Waals surface area (Å²) in [4.78, 5) is 16.0. The molecule has 4 N–H and O–H groups in total. The van der Waals surface area contributed by atoms with E-state index < -0.39 is 11.1 Å². The topological polar surface area (TPSA) is 188 Å². The van der Waals surface area contributed by atoms with Crippen LogP contribution < -0.4 is 30.9 Å². The molecule has 3 aromatic rings. The summed E-state index contributed by atoms with van der Waals surface area (Å²) in [5.41, 5.74) is 3.80. The Bertz CT molecular complexity index is 1240. The summed E-state index contributed by atoms with van der Waals surface area (Å²) < 4.78 is 0. The summed E-state index contributed by atoms with van der Waals surface area (Å²) in [6, 6.07) is 14.0. The van der Waals surface area contributed by atoms with Crippen LogP contribution >= 0.6 is 0 Å². The highest BCUT2D eigenvalue weighted by Crippen LogP contribution is 2.32. The summed E-state index contributed by atoms with van der Waals surface area (Å²) in [5, 5.41) is 66.2. The summed E-state index contributed by atoms with van der Waals surface area (Å²) in [5.74, 6) is -0.675. The van der Waals surface area contributed by atoms with Crippen LogP contribution in [0, 0.1) is 15.6 Å². The van der Waals surface area contributed by atoms with Crippen molar-refractivity contribution in [3.05, 3.63) is 93.0 Å². The van der Waals surface area contributed by atoms with Crippen LogP contribution in [0.25, 0.3) is 0 Å². The van der Waals surface area contributed by atoms with Crippen molar-refractivity contribution in [3.8, 4) is 0 Å². The lowest BCUT2D eigenvalue weighted by molar-refractivity contribution is 0.0294. The molecule has 0 radical (unpaired) electrons. The van der Waals surface area contributed by atoms with Crippen LogP contribution in [0.2, 0.25) is 0 Å². The van der Waals surface area contributed by atoms with Crippen molar-refractivity contribution in [1.82, 2.24) is 5.43 Å². The lowest BCUT2D eigenvalue weighted by Gasteiger charge is -2.37. The number of rotatable bonds is 9. The molecular weight excluding hydrogens is 498 g/mol. The van der Waals surface area contributed by atoms with Gasteiger partial charge in [0.2, 0.25) is 0 Å². The Morgan fingerprint density at radius 3 is 1.63 bits per heavy atom. The molecule has 0 aliphatic rings. The molecule has 202 valence electrons. The number of benzene rings is 3. The first-order chi connectivity index (χ1) is 17.9.